The Morgan fingerprint density at radius 2 is 2.40 bits per heavy atom. The van der Waals surface area contributed by atoms with Gasteiger partial charge < -0.3 is 0 Å². The molecule has 15 heavy (non-hydrogen) atoms. The molecule has 0 bridgehead atoms. The predicted molar refractivity (Wildman–Crippen MR) is 62.0 cm³/mol. The van der Waals surface area contributed by atoms with Crippen LogP contribution in [0.2, 0.25) is 0 Å². The molecule has 0 aliphatic rings. The topological polar surface area (TPSA) is 70.7 Å². The molecule has 0 fully saturated rings. The van der Waals surface area contributed by atoms with Gasteiger partial charge >= 0.3 is 0 Å². The summed E-state index contributed by atoms with van der Waals surface area (Å²) in [5.41, 5.74) is 0. The average Bonchev–Trinajstić information content (AvgIpc) is 2.59. The fraction of sp³-hybridized carbons (Fsp3) is 0.667. The third-order valence-electron chi connectivity index (χ3n) is 1.72. The molecule has 6 heteroatoms. The van der Waals surface area contributed by atoms with Crippen LogP contribution in [0, 0.1) is 6.92 Å². The zero-order valence-electron chi connectivity index (χ0n) is 9.04. The van der Waals surface area contributed by atoms with Crippen LogP contribution >= 0.6 is 11.8 Å². The molecule has 1 amide bonds. The monoisotopic (exact) mass is 228 g/mol. The smallest absolute Gasteiger partial charge is 0.248 e. The van der Waals surface area contributed by atoms with Crippen molar-refractivity contribution >= 4 is 23.6 Å². The molecule has 0 aliphatic heterocycles. The molecule has 0 atom stereocenters. The van der Waals surface area contributed by atoms with Crippen LogP contribution in [-0.2, 0) is 4.79 Å². The number of unbranched alkanes of at least 4 members (excludes halogenated alkanes) is 1. The number of rotatable bonds is 6. The number of carbonyl (C=O) groups excluding carboxylic acids is 1. The van der Waals surface area contributed by atoms with Crippen LogP contribution in [0.5, 0.6) is 0 Å². The highest BCUT2D eigenvalue weighted by molar-refractivity contribution is 7.99. The van der Waals surface area contributed by atoms with Gasteiger partial charge in [-0.2, -0.15) is 16.7 Å². The minimum absolute atomic E-state index is 0.0462. The molecule has 0 unspecified atom stereocenters. The van der Waals surface area contributed by atoms with Gasteiger partial charge in [0, 0.05) is 0 Å². The fourth-order valence-corrected chi connectivity index (χ4v) is 1.87. The summed E-state index contributed by atoms with van der Waals surface area (Å²) in [6.07, 6.45) is 2.31. The molecule has 84 valence electrons. The zero-order chi connectivity index (χ0) is 11.1. The lowest BCUT2D eigenvalue weighted by molar-refractivity contribution is -0.113. The second-order valence-electron chi connectivity index (χ2n) is 3.20. The summed E-state index contributed by atoms with van der Waals surface area (Å²) >= 11 is 1.63. The van der Waals surface area contributed by atoms with E-state index in [0.29, 0.717) is 17.5 Å². The Morgan fingerprint density at radius 3 is 3.00 bits per heavy atom. The molecule has 1 heterocycles. The van der Waals surface area contributed by atoms with Crippen LogP contribution in [0.25, 0.3) is 0 Å². The lowest BCUT2D eigenvalue weighted by Crippen LogP contribution is -2.15. The van der Waals surface area contributed by atoms with Crippen molar-refractivity contribution in [1.29, 1.82) is 0 Å². The summed E-state index contributed by atoms with van der Waals surface area (Å²) in [4.78, 5) is 15.3. The molecule has 1 rings (SSSR count). The fourth-order valence-electron chi connectivity index (χ4n) is 0.971. The maximum atomic E-state index is 11.4. The maximum Gasteiger partial charge on any atom is 0.248 e. The highest BCUT2D eigenvalue weighted by atomic mass is 32.2. The van der Waals surface area contributed by atoms with Gasteiger partial charge in [-0.25, -0.2) is 0 Å². The lowest BCUT2D eigenvalue weighted by atomic mass is 10.4. The Morgan fingerprint density at radius 1 is 1.60 bits per heavy atom. The molecule has 0 saturated carbocycles. The van der Waals surface area contributed by atoms with Crippen LogP contribution < -0.4 is 5.32 Å². The summed E-state index contributed by atoms with van der Waals surface area (Å²) in [6, 6.07) is 0. The summed E-state index contributed by atoms with van der Waals surface area (Å²) in [5, 5.41) is 9.12. The number of aromatic amines is 1. The van der Waals surface area contributed by atoms with E-state index in [1.54, 1.807) is 18.7 Å². The molecule has 2 N–H and O–H groups in total. The van der Waals surface area contributed by atoms with E-state index in [0.717, 1.165) is 18.6 Å². The van der Waals surface area contributed by atoms with E-state index in [1.165, 1.54) is 0 Å². The van der Waals surface area contributed by atoms with Crippen LogP contribution in [0.1, 0.15) is 25.6 Å². The normalized spacial score (nSPS) is 10.3. The van der Waals surface area contributed by atoms with E-state index in [2.05, 4.69) is 27.4 Å². The largest absolute Gasteiger partial charge is 0.293 e. The van der Waals surface area contributed by atoms with E-state index in [-0.39, 0.29) is 5.91 Å². The number of carbonyl (C=O) groups is 1. The average molecular weight is 228 g/mol. The van der Waals surface area contributed by atoms with Gasteiger partial charge in [-0.15, -0.1) is 5.10 Å². The molecule has 0 radical (unpaired) electrons. The highest BCUT2D eigenvalue weighted by Crippen LogP contribution is 2.05. The van der Waals surface area contributed by atoms with Gasteiger partial charge in [0.15, 0.2) is 0 Å². The Kier molecular flexibility index (Phi) is 5.17. The van der Waals surface area contributed by atoms with E-state index < -0.39 is 0 Å². The highest BCUT2D eigenvalue weighted by Gasteiger charge is 2.05. The van der Waals surface area contributed by atoms with Crippen molar-refractivity contribution in [1.82, 2.24) is 15.2 Å². The molecule has 1 aromatic heterocycles. The molecule has 0 aromatic carbocycles. The molecule has 0 spiro atoms. The number of nitrogens with zero attached hydrogens (tertiary/aromatic N) is 2. The minimum Gasteiger partial charge on any atom is -0.293 e. The second-order valence-corrected chi connectivity index (χ2v) is 4.30. The van der Waals surface area contributed by atoms with Gasteiger partial charge in [-0.1, -0.05) is 13.3 Å². The van der Waals surface area contributed by atoms with Crippen molar-refractivity contribution in [2.24, 2.45) is 0 Å². The van der Waals surface area contributed by atoms with Gasteiger partial charge in [-0.05, 0) is 19.1 Å². The van der Waals surface area contributed by atoms with E-state index in [4.69, 9.17) is 0 Å². The molecule has 5 nitrogen and oxygen atoms in total. The number of hydrogen-bond acceptors (Lipinski definition) is 4. The van der Waals surface area contributed by atoms with E-state index in [9.17, 15) is 4.79 Å². The number of nitrogens with one attached hydrogen (secondary N) is 2. The third kappa shape index (κ3) is 4.83. The number of anilines is 1. The summed E-state index contributed by atoms with van der Waals surface area (Å²) in [7, 11) is 0. The molecule has 1 aromatic rings. The second kappa shape index (κ2) is 6.44. The maximum absolute atomic E-state index is 11.4. The quantitative estimate of drug-likeness (QED) is 0.725. The minimum atomic E-state index is -0.0462. The van der Waals surface area contributed by atoms with Crippen molar-refractivity contribution in [2.75, 3.05) is 16.8 Å². The van der Waals surface area contributed by atoms with Crippen molar-refractivity contribution < 1.29 is 4.79 Å². The van der Waals surface area contributed by atoms with Crippen molar-refractivity contribution in [3.8, 4) is 0 Å². The van der Waals surface area contributed by atoms with Crippen LogP contribution in [0.3, 0.4) is 0 Å². The number of hydrogen-bond donors (Lipinski definition) is 2. The number of H-pyrrole nitrogens is 1. The summed E-state index contributed by atoms with van der Waals surface area (Å²) < 4.78 is 0. The standard InChI is InChI=1S/C9H16N4OS/c1-3-4-5-15-6-8(14)11-9-10-7(2)12-13-9/h3-6H2,1-2H3,(H2,10,11,12,13,14). The Balaban J connectivity index is 2.18. The van der Waals surface area contributed by atoms with Gasteiger partial charge in [0.05, 0.1) is 5.75 Å². The van der Waals surface area contributed by atoms with Crippen LogP contribution in [-0.4, -0.2) is 32.6 Å². The zero-order valence-corrected chi connectivity index (χ0v) is 9.86. The first kappa shape index (κ1) is 12.0. The Labute approximate surface area is 93.4 Å². The SMILES string of the molecule is CCCCSCC(=O)Nc1n[nH]c(C)n1. The number of thioether (sulfide) groups is 1. The van der Waals surface area contributed by atoms with E-state index >= 15 is 0 Å². The third-order valence-corrected chi connectivity index (χ3v) is 2.77. The van der Waals surface area contributed by atoms with Crippen LogP contribution in [0.15, 0.2) is 0 Å². The van der Waals surface area contributed by atoms with Crippen molar-refractivity contribution in [2.45, 2.75) is 26.7 Å². The van der Waals surface area contributed by atoms with Gasteiger partial charge in [0.1, 0.15) is 5.82 Å². The Bertz CT molecular complexity index is 313. The first-order valence-corrected chi connectivity index (χ1v) is 6.14. The molecular weight excluding hydrogens is 212 g/mol. The number of amides is 1. The van der Waals surface area contributed by atoms with Crippen LogP contribution in [0.4, 0.5) is 5.95 Å². The Hall–Kier alpha value is -1.04. The van der Waals surface area contributed by atoms with Crippen molar-refractivity contribution in [3.05, 3.63) is 5.82 Å². The van der Waals surface area contributed by atoms with Gasteiger partial charge in [0.2, 0.25) is 11.9 Å². The first-order valence-electron chi connectivity index (χ1n) is 4.99. The lowest BCUT2D eigenvalue weighted by Gasteiger charge is -2.00. The molecular formula is C9H16N4OS. The van der Waals surface area contributed by atoms with Gasteiger partial charge in [0.25, 0.3) is 0 Å². The summed E-state index contributed by atoms with van der Waals surface area (Å²) in [6.45, 7) is 3.93. The van der Waals surface area contributed by atoms with Crippen molar-refractivity contribution in [3.63, 3.8) is 0 Å². The predicted octanol–water partition coefficient (Wildman–Crippen LogP) is 1.58. The summed E-state index contributed by atoms with van der Waals surface area (Å²) in [5.74, 6) is 2.50. The number of aryl methyl sites for hydroxylation is 1. The molecule has 0 aliphatic carbocycles. The van der Waals surface area contributed by atoms with Gasteiger partial charge in [-0.3, -0.25) is 15.2 Å². The first-order chi connectivity index (χ1) is 7.22. The number of aromatic nitrogens is 3. The van der Waals surface area contributed by atoms with E-state index in [1.807, 2.05) is 0 Å². The molecule has 0 saturated heterocycles.